The van der Waals surface area contributed by atoms with Gasteiger partial charge in [-0.1, -0.05) is 23.7 Å². The molecule has 2 aromatic rings. The molecule has 5 nitrogen and oxygen atoms in total. The molecule has 0 fully saturated rings. The van der Waals surface area contributed by atoms with Crippen LogP contribution in [-0.2, 0) is 17.8 Å². The Hall–Kier alpha value is -2.58. The first-order chi connectivity index (χ1) is 11.1. The highest BCUT2D eigenvalue weighted by Crippen LogP contribution is 2.22. The van der Waals surface area contributed by atoms with Crippen LogP contribution in [0.1, 0.15) is 17.5 Å². The van der Waals surface area contributed by atoms with Gasteiger partial charge in [-0.25, -0.2) is 0 Å². The fraction of sp³-hybridized carbons (Fsp3) is 0.235. The van der Waals surface area contributed by atoms with E-state index in [4.69, 9.17) is 16.9 Å². The molecule has 0 atom stereocenters. The van der Waals surface area contributed by atoms with Gasteiger partial charge in [-0.15, -0.1) is 0 Å². The van der Waals surface area contributed by atoms with Crippen LogP contribution in [0.5, 0.6) is 5.75 Å². The van der Waals surface area contributed by atoms with Gasteiger partial charge in [-0.3, -0.25) is 9.78 Å². The van der Waals surface area contributed by atoms with Gasteiger partial charge >= 0.3 is 0 Å². The number of amides is 1. The molecule has 0 bridgehead atoms. The predicted molar refractivity (Wildman–Crippen MR) is 86.7 cm³/mol. The molecule has 1 aromatic heterocycles. The number of nitrogens with zero attached hydrogens (tertiary/aromatic N) is 3. The van der Waals surface area contributed by atoms with E-state index >= 15 is 0 Å². The van der Waals surface area contributed by atoms with Crippen LogP contribution in [0.25, 0.3) is 0 Å². The summed E-state index contributed by atoms with van der Waals surface area (Å²) < 4.78 is 0. The lowest BCUT2D eigenvalue weighted by Crippen LogP contribution is -2.32. The van der Waals surface area contributed by atoms with Crippen LogP contribution in [-0.4, -0.2) is 27.4 Å². The molecular formula is C17H16ClN3O2. The Morgan fingerprint density at radius 2 is 2.22 bits per heavy atom. The maximum absolute atomic E-state index is 12.5. The van der Waals surface area contributed by atoms with Crippen LogP contribution in [0, 0.1) is 11.3 Å². The summed E-state index contributed by atoms with van der Waals surface area (Å²) >= 11 is 6.05. The van der Waals surface area contributed by atoms with E-state index in [-0.39, 0.29) is 24.5 Å². The molecule has 0 aliphatic heterocycles. The molecule has 23 heavy (non-hydrogen) atoms. The Balaban J connectivity index is 2.11. The number of benzene rings is 1. The van der Waals surface area contributed by atoms with E-state index in [0.29, 0.717) is 23.7 Å². The zero-order valence-corrected chi connectivity index (χ0v) is 13.2. The number of rotatable bonds is 6. The molecule has 0 aliphatic carbocycles. The third-order valence-corrected chi connectivity index (χ3v) is 3.67. The maximum Gasteiger partial charge on any atom is 0.227 e. The minimum atomic E-state index is -0.128. The number of phenolic OH excluding ortho intramolecular Hbond substituents is 1. The number of nitriles is 1. The fourth-order valence-corrected chi connectivity index (χ4v) is 2.38. The Morgan fingerprint density at radius 3 is 2.87 bits per heavy atom. The maximum atomic E-state index is 12.5. The molecule has 1 N–H and O–H groups in total. The Bertz CT molecular complexity index is 714. The lowest BCUT2D eigenvalue weighted by molar-refractivity contribution is -0.131. The van der Waals surface area contributed by atoms with E-state index in [1.54, 1.807) is 29.4 Å². The van der Waals surface area contributed by atoms with Crippen molar-refractivity contribution in [1.29, 1.82) is 5.26 Å². The van der Waals surface area contributed by atoms with Crippen LogP contribution in [0.15, 0.2) is 42.7 Å². The molecule has 0 saturated heterocycles. The number of phenols is 1. The van der Waals surface area contributed by atoms with Gasteiger partial charge in [0, 0.05) is 30.5 Å². The molecule has 6 heteroatoms. The smallest absolute Gasteiger partial charge is 0.227 e. The van der Waals surface area contributed by atoms with Gasteiger partial charge in [0.2, 0.25) is 5.91 Å². The summed E-state index contributed by atoms with van der Waals surface area (Å²) in [5.74, 6) is -0.0698. The van der Waals surface area contributed by atoms with Gasteiger partial charge in [0.15, 0.2) is 0 Å². The van der Waals surface area contributed by atoms with Crippen molar-refractivity contribution in [2.75, 3.05) is 6.54 Å². The second-order valence-corrected chi connectivity index (χ2v) is 5.44. The highest BCUT2D eigenvalue weighted by Gasteiger charge is 2.16. The number of hydrogen-bond acceptors (Lipinski definition) is 4. The van der Waals surface area contributed by atoms with E-state index in [1.807, 2.05) is 6.07 Å². The number of pyridine rings is 1. The molecule has 0 saturated carbocycles. The number of carbonyl (C=O) groups excluding carboxylic acids is 1. The normalized spacial score (nSPS) is 10.1. The Labute approximate surface area is 139 Å². The third kappa shape index (κ3) is 4.97. The minimum Gasteiger partial charge on any atom is -0.508 e. The predicted octanol–water partition coefficient (Wildman–Crippen LogP) is 2.93. The Kier molecular flexibility index (Phi) is 5.95. The molecule has 2 rings (SSSR count). The van der Waals surface area contributed by atoms with E-state index < -0.39 is 0 Å². The van der Waals surface area contributed by atoms with Crippen LogP contribution < -0.4 is 0 Å². The first-order valence-electron chi connectivity index (χ1n) is 7.11. The van der Waals surface area contributed by atoms with Crippen LogP contribution in [0.2, 0.25) is 5.02 Å². The first-order valence-corrected chi connectivity index (χ1v) is 7.49. The number of hydrogen-bond donors (Lipinski definition) is 1. The number of aromatic nitrogens is 1. The van der Waals surface area contributed by atoms with Gasteiger partial charge in [-0.2, -0.15) is 5.26 Å². The summed E-state index contributed by atoms with van der Waals surface area (Å²) in [6, 6.07) is 10.3. The lowest BCUT2D eigenvalue weighted by Gasteiger charge is -2.22. The number of aromatic hydroxyl groups is 1. The summed E-state index contributed by atoms with van der Waals surface area (Å²) in [7, 11) is 0. The van der Waals surface area contributed by atoms with Crippen molar-refractivity contribution in [3.05, 3.63) is 58.9 Å². The zero-order chi connectivity index (χ0) is 16.7. The fourth-order valence-electron chi connectivity index (χ4n) is 2.14. The lowest BCUT2D eigenvalue weighted by atomic mass is 10.1. The van der Waals surface area contributed by atoms with Crippen molar-refractivity contribution in [3.8, 4) is 11.8 Å². The summed E-state index contributed by atoms with van der Waals surface area (Å²) in [5.41, 5.74) is 1.54. The standard InChI is InChI=1S/C17H16ClN3O2/c18-16-10-15(22)5-4-14(16)9-17(23)21(8-2-6-19)12-13-3-1-7-20-11-13/h1,3-5,7,10-11,22H,2,8-9,12H2. The van der Waals surface area contributed by atoms with Gasteiger partial charge in [0.05, 0.1) is 18.9 Å². The van der Waals surface area contributed by atoms with Crippen molar-refractivity contribution >= 4 is 17.5 Å². The molecular weight excluding hydrogens is 314 g/mol. The number of carbonyl (C=O) groups is 1. The topological polar surface area (TPSA) is 77.2 Å². The van der Waals surface area contributed by atoms with Crippen LogP contribution in [0.4, 0.5) is 0 Å². The van der Waals surface area contributed by atoms with Crippen LogP contribution in [0.3, 0.4) is 0 Å². The zero-order valence-electron chi connectivity index (χ0n) is 12.4. The molecule has 118 valence electrons. The highest BCUT2D eigenvalue weighted by atomic mass is 35.5. The van der Waals surface area contributed by atoms with E-state index in [1.165, 1.54) is 12.1 Å². The molecule has 0 spiro atoms. The van der Waals surface area contributed by atoms with Crippen molar-refractivity contribution < 1.29 is 9.90 Å². The van der Waals surface area contributed by atoms with Crippen molar-refractivity contribution in [3.63, 3.8) is 0 Å². The molecule has 1 aromatic carbocycles. The summed E-state index contributed by atoms with van der Waals surface area (Å²) in [4.78, 5) is 18.2. The quantitative estimate of drug-likeness (QED) is 0.884. The van der Waals surface area contributed by atoms with Crippen LogP contribution >= 0.6 is 11.6 Å². The molecule has 0 radical (unpaired) electrons. The van der Waals surface area contributed by atoms with Gasteiger partial charge < -0.3 is 10.0 Å². The highest BCUT2D eigenvalue weighted by molar-refractivity contribution is 6.31. The third-order valence-electron chi connectivity index (χ3n) is 3.32. The van der Waals surface area contributed by atoms with E-state index in [9.17, 15) is 9.90 Å². The second-order valence-electron chi connectivity index (χ2n) is 5.04. The average Bonchev–Trinajstić information content (AvgIpc) is 2.55. The van der Waals surface area contributed by atoms with Crippen molar-refractivity contribution in [2.24, 2.45) is 0 Å². The van der Waals surface area contributed by atoms with Gasteiger partial charge in [0.1, 0.15) is 5.75 Å². The Morgan fingerprint density at radius 1 is 1.39 bits per heavy atom. The molecule has 0 aliphatic rings. The van der Waals surface area contributed by atoms with E-state index in [2.05, 4.69) is 11.1 Å². The molecule has 1 heterocycles. The first kappa shape index (κ1) is 16.8. The summed E-state index contributed by atoms with van der Waals surface area (Å²) in [6.45, 7) is 0.740. The van der Waals surface area contributed by atoms with Gasteiger partial charge in [-0.05, 0) is 29.3 Å². The van der Waals surface area contributed by atoms with Crippen molar-refractivity contribution in [2.45, 2.75) is 19.4 Å². The van der Waals surface area contributed by atoms with E-state index in [0.717, 1.165) is 5.56 Å². The summed E-state index contributed by atoms with van der Waals surface area (Å²) in [6.07, 6.45) is 3.74. The van der Waals surface area contributed by atoms with Gasteiger partial charge in [0.25, 0.3) is 0 Å². The minimum absolute atomic E-state index is 0.0582. The largest absolute Gasteiger partial charge is 0.508 e. The van der Waals surface area contributed by atoms with Crippen molar-refractivity contribution in [1.82, 2.24) is 9.88 Å². The summed E-state index contributed by atoms with van der Waals surface area (Å²) in [5, 5.41) is 18.5. The second kappa shape index (κ2) is 8.16. The molecule has 1 amide bonds. The monoisotopic (exact) mass is 329 g/mol. The molecule has 0 unspecified atom stereocenters. The average molecular weight is 330 g/mol. The number of halogens is 1. The SMILES string of the molecule is N#CCCN(Cc1cccnc1)C(=O)Cc1ccc(O)cc1Cl.